The number of halogens is 4. The van der Waals surface area contributed by atoms with E-state index in [1.54, 1.807) is 5.38 Å². The van der Waals surface area contributed by atoms with Crippen molar-refractivity contribution in [3.8, 4) is 0 Å². The topological polar surface area (TPSA) is 0 Å². The third-order valence-electron chi connectivity index (χ3n) is 1.86. The largest absolute Gasteiger partial charge is 0.263 e. The summed E-state index contributed by atoms with van der Waals surface area (Å²) in [6, 6.07) is 2.86. The zero-order valence-electron chi connectivity index (χ0n) is 6.73. The molecule has 0 saturated heterocycles. The molecule has 0 N–H and O–H groups in total. The first-order chi connectivity index (χ1) is 6.59. The van der Waals surface area contributed by atoms with Crippen molar-refractivity contribution in [2.45, 2.75) is 6.43 Å². The lowest BCUT2D eigenvalue weighted by Gasteiger charge is -2.01. The summed E-state index contributed by atoms with van der Waals surface area (Å²) in [6.45, 7) is 0. The van der Waals surface area contributed by atoms with E-state index < -0.39 is 6.43 Å². The van der Waals surface area contributed by atoms with E-state index in [4.69, 9.17) is 11.6 Å². The fraction of sp³-hybridized carbons (Fsp3) is 0.111. The molecule has 0 fully saturated rings. The Labute approximate surface area is 96.6 Å². The van der Waals surface area contributed by atoms with Gasteiger partial charge in [0.15, 0.2) is 0 Å². The van der Waals surface area contributed by atoms with E-state index in [9.17, 15) is 8.78 Å². The average Bonchev–Trinajstić information content (AvgIpc) is 2.48. The molecule has 5 heteroatoms. The van der Waals surface area contributed by atoms with Gasteiger partial charge in [-0.15, -0.1) is 11.3 Å². The Morgan fingerprint density at radius 1 is 1.36 bits per heavy atom. The summed E-state index contributed by atoms with van der Waals surface area (Å²) >= 11 is 10.6. The van der Waals surface area contributed by atoms with Gasteiger partial charge in [0.05, 0.1) is 9.72 Å². The molecule has 2 rings (SSSR count). The number of fused-ring (bicyclic) bond motifs is 1. The second-order valence-electron chi connectivity index (χ2n) is 2.76. The number of benzene rings is 1. The van der Waals surface area contributed by atoms with Crippen LogP contribution >= 0.6 is 38.9 Å². The van der Waals surface area contributed by atoms with Crippen LogP contribution in [-0.2, 0) is 0 Å². The van der Waals surface area contributed by atoms with Crippen molar-refractivity contribution in [2.24, 2.45) is 0 Å². The van der Waals surface area contributed by atoms with Gasteiger partial charge < -0.3 is 0 Å². The molecule has 1 aromatic carbocycles. The second-order valence-corrected chi connectivity index (χ2v) is 4.90. The maximum absolute atomic E-state index is 12.5. The van der Waals surface area contributed by atoms with Crippen molar-refractivity contribution in [2.75, 3.05) is 0 Å². The minimum absolute atomic E-state index is 0.00956. The molecule has 0 spiro atoms. The molecule has 0 atom stereocenters. The summed E-state index contributed by atoms with van der Waals surface area (Å²) in [7, 11) is 0. The number of alkyl halides is 2. The van der Waals surface area contributed by atoms with Gasteiger partial charge in [0, 0.05) is 20.8 Å². The smallest absolute Gasteiger partial charge is 0.205 e. The van der Waals surface area contributed by atoms with Crippen LogP contribution in [0.25, 0.3) is 10.1 Å². The Kier molecular flexibility index (Phi) is 2.77. The van der Waals surface area contributed by atoms with Crippen LogP contribution in [0.1, 0.15) is 12.0 Å². The quantitative estimate of drug-likeness (QED) is 0.674. The van der Waals surface area contributed by atoms with Crippen LogP contribution in [-0.4, -0.2) is 0 Å². The van der Waals surface area contributed by atoms with E-state index in [0.717, 1.165) is 4.70 Å². The van der Waals surface area contributed by atoms with Crippen molar-refractivity contribution in [3.63, 3.8) is 0 Å². The molecule has 1 aromatic heterocycles. The van der Waals surface area contributed by atoms with E-state index in [1.807, 2.05) is 0 Å². The lowest BCUT2D eigenvalue weighted by molar-refractivity contribution is 0.151. The van der Waals surface area contributed by atoms with Crippen LogP contribution in [0.2, 0.25) is 5.02 Å². The van der Waals surface area contributed by atoms with Crippen molar-refractivity contribution in [1.29, 1.82) is 0 Å². The molecule has 0 nitrogen and oxygen atoms in total. The highest BCUT2D eigenvalue weighted by Gasteiger charge is 2.12. The molecule has 1 heterocycles. The SMILES string of the molecule is FC(F)c1cc(Br)c2scc(Cl)c2c1. The molecular weight excluding hydrogens is 294 g/mol. The van der Waals surface area contributed by atoms with Crippen LogP contribution in [0.15, 0.2) is 22.0 Å². The first-order valence-electron chi connectivity index (χ1n) is 3.74. The van der Waals surface area contributed by atoms with E-state index in [-0.39, 0.29) is 5.56 Å². The van der Waals surface area contributed by atoms with E-state index in [2.05, 4.69) is 15.9 Å². The Bertz CT molecular complexity index is 481. The van der Waals surface area contributed by atoms with Gasteiger partial charge in [-0.3, -0.25) is 0 Å². The second kappa shape index (κ2) is 3.76. The Balaban J connectivity index is 2.75. The minimum atomic E-state index is -2.47. The molecule has 0 saturated carbocycles. The van der Waals surface area contributed by atoms with Crippen molar-refractivity contribution < 1.29 is 8.78 Å². The zero-order chi connectivity index (χ0) is 10.3. The number of rotatable bonds is 1. The standard InChI is InChI=1S/C9H4BrClF2S/c10-6-2-4(9(12)13)1-5-7(11)3-14-8(5)6/h1-3,9H. The summed E-state index contributed by atoms with van der Waals surface area (Å²) in [5.41, 5.74) is -0.00956. The van der Waals surface area contributed by atoms with Crippen molar-refractivity contribution in [1.82, 2.24) is 0 Å². The van der Waals surface area contributed by atoms with Gasteiger partial charge in [0.25, 0.3) is 6.43 Å². The number of thiophene rings is 1. The van der Waals surface area contributed by atoms with Crippen LogP contribution in [0.5, 0.6) is 0 Å². The monoisotopic (exact) mass is 296 g/mol. The molecule has 2 aromatic rings. The fourth-order valence-corrected chi connectivity index (χ4v) is 3.12. The van der Waals surface area contributed by atoms with E-state index in [0.29, 0.717) is 14.9 Å². The lowest BCUT2D eigenvalue weighted by atomic mass is 10.2. The molecule has 0 aliphatic carbocycles. The third-order valence-corrected chi connectivity index (χ3v) is 4.21. The molecular formula is C9H4BrClF2S. The van der Waals surface area contributed by atoms with Gasteiger partial charge in [0.1, 0.15) is 0 Å². The Morgan fingerprint density at radius 3 is 2.71 bits per heavy atom. The maximum Gasteiger partial charge on any atom is 0.263 e. The highest BCUT2D eigenvalue weighted by molar-refractivity contribution is 9.10. The van der Waals surface area contributed by atoms with Crippen molar-refractivity contribution >= 4 is 49.0 Å². The van der Waals surface area contributed by atoms with Crippen molar-refractivity contribution in [3.05, 3.63) is 32.6 Å². The third kappa shape index (κ3) is 1.66. The average molecular weight is 298 g/mol. The molecule has 0 unspecified atom stereocenters. The zero-order valence-corrected chi connectivity index (χ0v) is 9.89. The summed E-state index contributed by atoms with van der Waals surface area (Å²) in [4.78, 5) is 0. The van der Waals surface area contributed by atoms with Gasteiger partial charge in [-0.25, -0.2) is 8.78 Å². The van der Waals surface area contributed by atoms with Crippen LogP contribution in [0.3, 0.4) is 0 Å². The highest BCUT2D eigenvalue weighted by atomic mass is 79.9. The van der Waals surface area contributed by atoms with E-state index in [1.165, 1.54) is 23.5 Å². The first-order valence-corrected chi connectivity index (χ1v) is 5.79. The first kappa shape index (κ1) is 10.3. The number of hydrogen-bond donors (Lipinski definition) is 0. The lowest BCUT2D eigenvalue weighted by Crippen LogP contribution is -1.83. The Morgan fingerprint density at radius 2 is 2.07 bits per heavy atom. The molecule has 0 aliphatic heterocycles. The summed E-state index contributed by atoms with van der Waals surface area (Å²) < 4.78 is 26.5. The molecule has 0 bridgehead atoms. The predicted octanol–water partition coefficient (Wildman–Crippen LogP) is 5.25. The Hall–Kier alpha value is -0.190. The minimum Gasteiger partial charge on any atom is -0.205 e. The van der Waals surface area contributed by atoms with E-state index >= 15 is 0 Å². The molecule has 14 heavy (non-hydrogen) atoms. The summed E-state index contributed by atoms with van der Waals surface area (Å²) in [6.07, 6.45) is -2.47. The van der Waals surface area contributed by atoms with Crippen LogP contribution in [0, 0.1) is 0 Å². The van der Waals surface area contributed by atoms with Gasteiger partial charge in [0.2, 0.25) is 0 Å². The highest BCUT2D eigenvalue weighted by Crippen LogP contribution is 2.38. The van der Waals surface area contributed by atoms with Crippen LogP contribution in [0.4, 0.5) is 8.78 Å². The van der Waals surface area contributed by atoms with Gasteiger partial charge in [-0.1, -0.05) is 11.6 Å². The van der Waals surface area contributed by atoms with Gasteiger partial charge in [-0.2, -0.15) is 0 Å². The molecule has 74 valence electrons. The molecule has 0 radical (unpaired) electrons. The normalized spacial score (nSPS) is 11.5. The van der Waals surface area contributed by atoms with Gasteiger partial charge >= 0.3 is 0 Å². The fourth-order valence-electron chi connectivity index (χ4n) is 1.21. The van der Waals surface area contributed by atoms with Gasteiger partial charge in [-0.05, 0) is 28.1 Å². The predicted molar refractivity (Wildman–Crippen MR) is 59.5 cm³/mol. The molecule has 0 amide bonds. The number of hydrogen-bond acceptors (Lipinski definition) is 1. The van der Waals surface area contributed by atoms with Crippen LogP contribution < -0.4 is 0 Å². The molecule has 0 aliphatic rings. The summed E-state index contributed by atoms with van der Waals surface area (Å²) in [5.74, 6) is 0. The summed E-state index contributed by atoms with van der Waals surface area (Å²) in [5, 5.41) is 2.95. The maximum atomic E-state index is 12.5.